The zero-order valence-electron chi connectivity index (χ0n) is 25.6. The second-order valence-electron chi connectivity index (χ2n) is 14.5. The van der Waals surface area contributed by atoms with Crippen molar-refractivity contribution in [2.75, 3.05) is 0 Å². The molecule has 0 aromatic heterocycles. The molecule has 0 heterocycles. The summed E-state index contributed by atoms with van der Waals surface area (Å²) in [6, 6.07) is 0. The minimum Gasteiger partial charge on any atom is -0.244 e. The minimum atomic E-state index is -2.10. The number of halogens is 4. The van der Waals surface area contributed by atoms with E-state index in [0.29, 0.717) is 5.92 Å². The van der Waals surface area contributed by atoms with Crippen LogP contribution in [-0.4, -0.2) is 17.0 Å². The first-order valence-corrected chi connectivity index (χ1v) is 15.4. The Hall–Kier alpha value is 0.0800. The molecule has 0 saturated heterocycles. The quantitative estimate of drug-likeness (QED) is 0.296. The predicted molar refractivity (Wildman–Crippen MR) is 153 cm³/mol. The molecule has 5 aliphatic carbocycles. The monoisotopic (exact) mass is 536 g/mol. The highest BCUT2D eigenvalue weighted by Crippen LogP contribution is 2.56. The molecule has 5 fully saturated rings. The molecule has 0 amide bonds. The molecule has 5 rings (SSSR count). The normalized spacial score (nSPS) is 24.6. The van der Waals surface area contributed by atoms with Gasteiger partial charge in [-0.15, -0.1) is 11.6 Å². The van der Waals surface area contributed by atoms with Crippen molar-refractivity contribution < 1.29 is 13.2 Å². The Morgan fingerprint density at radius 3 is 1.06 bits per heavy atom. The molecular formula is C32H60ClF3. The van der Waals surface area contributed by atoms with Crippen molar-refractivity contribution in [1.29, 1.82) is 0 Å². The summed E-state index contributed by atoms with van der Waals surface area (Å²) < 4.78 is 36.9. The van der Waals surface area contributed by atoms with Crippen molar-refractivity contribution in [3.05, 3.63) is 0 Å². The Bertz CT molecular complexity index is 555. The molecule has 0 N–H and O–H groups in total. The van der Waals surface area contributed by atoms with Gasteiger partial charge in [-0.2, -0.15) is 0 Å². The fourth-order valence-corrected chi connectivity index (χ4v) is 4.22. The SMILES string of the molecule is CC(C)C1(C(F)F)CC1.CC(C)C1(C)CC1.CC(C)C1(Cl)CC1.CC(C)C1(F)CC1.CC(C)C1CC1. The van der Waals surface area contributed by atoms with Crippen LogP contribution in [0.25, 0.3) is 0 Å². The van der Waals surface area contributed by atoms with E-state index in [0.717, 1.165) is 48.9 Å². The van der Waals surface area contributed by atoms with Gasteiger partial charge in [0.25, 0.3) is 0 Å². The maximum absolute atomic E-state index is 12.6. The van der Waals surface area contributed by atoms with Crippen LogP contribution in [0.1, 0.15) is 140 Å². The van der Waals surface area contributed by atoms with Crippen LogP contribution >= 0.6 is 11.6 Å². The van der Waals surface area contributed by atoms with Gasteiger partial charge in [0.2, 0.25) is 6.43 Å². The lowest BCUT2D eigenvalue weighted by Crippen LogP contribution is -2.18. The fraction of sp³-hybridized carbons (Fsp3) is 1.00. The average molecular weight is 537 g/mol. The smallest absolute Gasteiger partial charge is 0.244 e. The largest absolute Gasteiger partial charge is 0.244 e. The lowest BCUT2D eigenvalue weighted by atomic mass is 9.93. The highest BCUT2D eigenvalue weighted by Gasteiger charge is 2.53. The van der Waals surface area contributed by atoms with Gasteiger partial charge >= 0.3 is 0 Å². The Balaban J connectivity index is 0.000000226. The van der Waals surface area contributed by atoms with Crippen molar-refractivity contribution in [2.45, 2.75) is 157 Å². The second kappa shape index (κ2) is 13.4. The first-order valence-electron chi connectivity index (χ1n) is 15.0. The van der Waals surface area contributed by atoms with E-state index in [1.165, 1.54) is 38.5 Å². The third kappa shape index (κ3) is 11.4. The number of hydrogen-bond acceptors (Lipinski definition) is 0. The fourth-order valence-electron chi connectivity index (χ4n) is 4.12. The molecule has 5 saturated carbocycles. The van der Waals surface area contributed by atoms with Gasteiger partial charge in [-0.05, 0) is 105 Å². The zero-order chi connectivity index (χ0) is 28.1. The number of alkyl halides is 4. The summed E-state index contributed by atoms with van der Waals surface area (Å²) in [4.78, 5) is 0.222. The Kier molecular flexibility index (Phi) is 12.7. The van der Waals surface area contributed by atoms with E-state index >= 15 is 0 Å². The van der Waals surface area contributed by atoms with E-state index in [1.807, 2.05) is 27.7 Å². The van der Waals surface area contributed by atoms with Crippen molar-refractivity contribution in [2.24, 2.45) is 46.3 Å². The van der Waals surface area contributed by atoms with Crippen molar-refractivity contribution in [3.8, 4) is 0 Å². The van der Waals surface area contributed by atoms with E-state index in [1.54, 1.807) is 0 Å². The molecule has 36 heavy (non-hydrogen) atoms. The molecule has 0 bridgehead atoms. The van der Waals surface area contributed by atoms with E-state index in [4.69, 9.17) is 11.6 Å². The van der Waals surface area contributed by atoms with E-state index in [9.17, 15) is 13.2 Å². The minimum absolute atomic E-state index is 0.150. The summed E-state index contributed by atoms with van der Waals surface area (Å²) in [5.41, 5.74) is -0.583. The molecule has 0 aromatic rings. The van der Waals surface area contributed by atoms with Gasteiger partial charge in [-0.3, -0.25) is 0 Å². The van der Waals surface area contributed by atoms with Crippen LogP contribution in [0, 0.1) is 46.3 Å². The van der Waals surface area contributed by atoms with E-state index in [2.05, 4.69) is 48.5 Å². The zero-order valence-corrected chi connectivity index (χ0v) is 26.4. The maximum Gasteiger partial charge on any atom is 0.244 e. The van der Waals surface area contributed by atoms with Crippen LogP contribution in [0.3, 0.4) is 0 Å². The molecule has 0 spiro atoms. The molecule has 0 radical (unpaired) electrons. The molecule has 0 aliphatic heterocycles. The third-order valence-corrected chi connectivity index (χ3v) is 10.7. The summed E-state index contributed by atoms with van der Waals surface area (Å²) in [5.74, 6) is 4.04. The van der Waals surface area contributed by atoms with Gasteiger partial charge in [-0.25, -0.2) is 13.2 Å². The van der Waals surface area contributed by atoms with Crippen LogP contribution in [-0.2, 0) is 0 Å². The van der Waals surface area contributed by atoms with Gasteiger partial charge in [0.1, 0.15) is 5.67 Å². The lowest BCUT2D eigenvalue weighted by Gasteiger charge is -2.17. The predicted octanol–water partition coefficient (Wildman–Crippen LogP) is 11.7. The standard InChI is InChI=1S/C7H12F2.C7H14.C6H11Cl.C6H11F.C6H12/c1-5(2)7(3-4-7)6(8)9;1-6(2)7(3)4-5-7;2*1-5(2)6(7)3-4-6;1-5(2)6-3-4-6/h5-6H,3-4H2,1-2H3;6H,4-5H2,1-3H3;2*5H,3-4H2,1-2H3;5-6H,3-4H2,1-2H3. The Morgan fingerprint density at radius 1 is 0.611 bits per heavy atom. The van der Waals surface area contributed by atoms with Gasteiger partial charge in [0.05, 0.1) is 0 Å². The Labute approximate surface area is 228 Å². The van der Waals surface area contributed by atoms with Crippen molar-refractivity contribution >= 4 is 11.6 Å². The molecule has 0 nitrogen and oxygen atoms in total. The summed E-state index contributed by atoms with van der Waals surface area (Å²) in [6.45, 7) is 23.6. The number of rotatable bonds is 6. The van der Waals surface area contributed by atoms with Gasteiger partial charge in [0.15, 0.2) is 0 Å². The summed E-state index contributed by atoms with van der Waals surface area (Å²) >= 11 is 5.98. The second-order valence-corrected chi connectivity index (χ2v) is 15.2. The highest BCUT2D eigenvalue weighted by atomic mass is 35.5. The molecule has 0 atom stereocenters. The summed E-state index contributed by atoms with van der Waals surface area (Å²) in [7, 11) is 0. The van der Waals surface area contributed by atoms with Crippen LogP contribution < -0.4 is 0 Å². The van der Waals surface area contributed by atoms with Gasteiger partial charge in [0, 0.05) is 10.3 Å². The topological polar surface area (TPSA) is 0 Å². The van der Waals surface area contributed by atoms with Crippen LogP contribution in [0.5, 0.6) is 0 Å². The first kappa shape index (κ1) is 34.1. The third-order valence-electron chi connectivity index (χ3n) is 9.93. The molecule has 4 heteroatoms. The Morgan fingerprint density at radius 2 is 1.06 bits per heavy atom. The van der Waals surface area contributed by atoms with Crippen LogP contribution in [0.4, 0.5) is 13.2 Å². The average Bonchev–Trinajstić information content (AvgIpc) is 3.57. The van der Waals surface area contributed by atoms with Crippen LogP contribution in [0.15, 0.2) is 0 Å². The summed E-state index contributed by atoms with van der Waals surface area (Å²) in [6.07, 6.45) is 9.32. The molecule has 0 unspecified atom stereocenters. The molecular weight excluding hydrogens is 477 g/mol. The maximum atomic E-state index is 12.6. The summed E-state index contributed by atoms with van der Waals surface area (Å²) in [5, 5.41) is 0. The van der Waals surface area contributed by atoms with Crippen molar-refractivity contribution in [3.63, 3.8) is 0 Å². The first-order chi connectivity index (χ1) is 16.3. The van der Waals surface area contributed by atoms with Gasteiger partial charge < -0.3 is 0 Å². The molecule has 216 valence electrons. The number of hydrogen-bond donors (Lipinski definition) is 0. The van der Waals surface area contributed by atoms with Crippen molar-refractivity contribution in [1.82, 2.24) is 0 Å². The molecule has 0 aromatic carbocycles. The lowest BCUT2D eigenvalue weighted by molar-refractivity contribution is 0.0344. The molecule has 5 aliphatic rings. The van der Waals surface area contributed by atoms with Gasteiger partial charge in [-0.1, -0.05) is 76.2 Å². The highest BCUT2D eigenvalue weighted by molar-refractivity contribution is 6.26. The van der Waals surface area contributed by atoms with E-state index < -0.39 is 17.5 Å². The van der Waals surface area contributed by atoms with Crippen LogP contribution in [0.2, 0.25) is 0 Å². The van der Waals surface area contributed by atoms with E-state index in [-0.39, 0.29) is 16.7 Å².